The van der Waals surface area contributed by atoms with Gasteiger partial charge < -0.3 is 29.7 Å². The summed E-state index contributed by atoms with van der Waals surface area (Å²) in [6.45, 7) is 5.01. The number of methoxy groups -OCH3 is 1. The molecule has 2 N–H and O–H groups in total. The molecule has 2 atom stereocenters. The summed E-state index contributed by atoms with van der Waals surface area (Å²) in [5.41, 5.74) is -0.311. The van der Waals surface area contributed by atoms with Gasteiger partial charge in [0.15, 0.2) is 22.8 Å². The number of ether oxygens (including phenoxy) is 3. The Morgan fingerprint density at radius 1 is 1.21 bits per heavy atom. The van der Waals surface area contributed by atoms with E-state index in [2.05, 4.69) is 22.5 Å². The molecule has 0 aliphatic carbocycles. The Hall–Kier alpha value is -3.02. The third kappa shape index (κ3) is 5.54. The molecular formula is C23H26F2N4O4S. The molecule has 2 aliphatic rings. The fraction of sp³-hybridized carbons (Fsp3) is 0.348. The fourth-order valence-corrected chi connectivity index (χ4v) is 4.64. The van der Waals surface area contributed by atoms with E-state index in [0.717, 1.165) is 25.2 Å². The summed E-state index contributed by atoms with van der Waals surface area (Å²) in [4.78, 5) is 17.1. The maximum Gasteiger partial charge on any atom is 0.321 e. The first-order valence-corrected chi connectivity index (χ1v) is 11.7. The van der Waals surface area contributed by atoms with Crippen LogP contribution in [0.3, 0.4) is 0 Å². The third-order valence-corrected chi connectivity index (χ3v) is 6.42. The van der Waals surface area contributed by atoms with Crippen LogP contribution in [0.4, 0.5) is 19.3 Å². The smallest absolute Gasteiger partial charge is 0.321 e. The first kappa shape index (κ1) is 24.1. The van der Waals surface area contributed by atoms with Crippen LogP contribution in [-0.2, 0) is 4.74 Å². The van der Waals surface area contributed by atoms with Crippen LogP contribution in [-0.4, -0.2) is 60.9 Å². The van der Waals surface area contributed by atoms with Gasteiger partial charge >= 0.3 is 6.03 Å². The van der Waals surface area contributed by atoms with Crippen molar-refractivity contribution in [1.82, 2.24) is 15.1 Å². The molecule has 34 heavy (non-hydrogen) atoms. The van der Waals surface area contributed by atoms with Crippen LogP contribution in [0.2, 0.25) is 0 Å². The zero-order valence-electron chi connectivity index (χ0n) is 18.8. The Labute approximate surface area is 200 Å². The molecule has 2 heterocycles. The second kappa shape index (κ2) is 10.9. The van der Waals surface area contributed by atoms with E-state index in [9.17, 15) is 13.6 Å². The maximum atomic E-state index is 14.3. The van der Waals surface area contributed by atoms with Crippen molar-refractivity contribution in [2.24, 2.45) is 0 Å². The lowest BCUT2D eigenvalue weighted by Gasteiger charge is -2.40. The number of benzene rings is 2. The molecule has 2 aliphatic heterocycles. The number of amides is 2. The summed E-state index contributed by atoms with van der Waals surface area (Å²) < 4.78 is 44.5. The summed E-state index contributed by atoms with van der Waals surface area (Å²) in [5, 5.41) is 7.40. The van der Waals surface area contributed by atoms with E-state index in [0.29, 0.717) is 13.2 Å². The molecule has 0 bridgehead atoms. The molecule has 182 valence electrons. The largest absolute Gasteiger partial charge is 0.493 e. The van der Waals surface area contributed by atoms with Gasteiger partial charge in [0.25, 0.3) is 0 Å². The van der Waals surface area contributed by atoms with Crippen LogP contribution in [0.1, 0.15) is 6.92 Å². The second-order valence-corrected chi connectivity index (χ2v) is 8.60. The number of halogens is 2. The number of hydrogen-bond acceptors (Lipinski definition) is 7. The Morgan fingerprint density at radius 2 is 2.00 bits per heavy atom. The molecule has 2 unspecified atom stereocenters. The molecule has 0 spiro atoms. The topological polar surface area (TPSA) is 75.3 Å². The van der Waals surface area contributed by atoms with Crippen molar-refractivity contribution in [2.75, 3.05) is 38.7 Å². The van der Waals surface area contributed by atoms with Crippen molar-refractivity contribution >= 4 is 23.5 Å². The molecule has 11 heteroatoms. The number of rotatable bonds is 7. The molecule has 4 rings (SSSR count). The maximum absolute atomic E-state index is 14.3. The zero-order chi connectivity index (χ0) is 24.1. The minimum atomic E-state index is -0.653. The molecule has 0 aromatic heterocycles. The molecule has 1 saturated heterocycles. The van der Waals surface area contributed by atoms with Crippen LogP contribution >= 0.6 is 11.8 Å². The van der Waals surface area contributed by atoms with Crippen LogP contribution in [0.5, 0.6) is 17.2 Å². The number of thioether (sulfide) groups is 1. The Bertz CT molecular complexity index is 1050. The number of nitrogens with one attached hydrogen (secondary N) is 2. The predicted molar refractivity (Wildman–Crippen MR) is 126 cm³/mol. The van der Waals surface area contributed by atoms with Crippen molar-refractivity contribution < 1.29 is 27.8 Å². The highest BCUT2D eigenvalue weighted by atomic mass is 32.2. The number of para-hydroxylation sites is 1. The first-order valence-electron chi connectivity index (χ1n) is 10.7. The van der Waals surface area contributed by atoms with Crippen LogP contribution in [0.25, 0.3) is 0 Å². The Balaban J connectivity index is 1.45. The van der Waals surface area contributed by atoms with Gasteiger partial charge in [-0.1, -0.05) is 17.8 Å². The van der Waals surface area contributed by atoms with Gasteiger partial charge in [0.1, 0.15) is 5.82 Å². The van der Waals surface area contributed by atoms with E-state index in [4.69, 9.17) is 14.2 Å². The van der Waals surface area contributed by atoms with E-state index in [1.807, 2.05) is 16.5 Å². The number of morpholine rings is 1. The monoisotopic (exact) mass is 492 g/mol. The van der Waals surface area contributed by atoms with Gasteiger partial charge in [-0.3, -0.25) is 4.90 Å². The van der Waals surface area contributed by atoms with Gasteiger partial charge in [0.2, 0.25) is 5.75 Å². The molecule has 2 aromatic carbocycles. The second-order valence-electron chi connectivity index (χ2n) is 7.61. The SMILES string of the molecule is COc1cccc(F)c1Oc1ccc(F)cc1NC(=O)NC1SC=CN1C(C)N1CCOCC1. The van der Waals surface area contributed by atoms with Crippen molar-refractivity contribution in [3.05, 3.63) is 59.6 Å². The van der Waals surface area contributed by atoms with Gasteiger partial charge in [0, 0.05) is 25.4 Å². The number of urea groups is 1. The van der Waals surface area contributed by atoms with Gasteiger partial charge in [-0.15, -0.1) is 0 Å². The predicted octanol–water partition coefficient (Wildman–Crippen LogP) is 4.37. The van der Waals surface area contributed by atoms with Gasteiger partial charge in [-0.2, -0.15) is 0 Å². The van der Waals surface area contributed by atoms with E-state index < -0.39 is 17.7 Å². The number of hydrogen-bond donors (Lipinski definition) is 2. The Kier molecular flexibility index (Phi) is 7.76. The number of carbonyl (C=O) groups excluding carboxylic acids is 1. The minimum Gasteiger partial charge on any atom is -0.493 e. The van der Waals surface area contributed by atoms with Gasteiger partial charge in [0.05, 0.1) is 32.2 Å². The fourth-order valence-electron chi connectivity index (χ4n) is 3.72. The zero-order valence-corrected chi connectivity index (χ0v) is 19.6. The van der Waals surface area contributed by atoms with Crippen LogP contribution < -0.4 is 20.1 Å². The lowest BCUT2D eigenvalue weighted by molar-refractivity contribution is -0.0165. The highest BCUT2D eigenvalue weighted by molar-refractivity contribution is 8.02. The quantitative estimate of drug-likeness (QED) is 0.595. The number of carbonyl (C=O) groups is 1. The highest BCUT2D eigenvalue weighted by Gasteiger charge is 2.30. The minimum absolute atomic E-state index is 0.0436. The molecule has 2 amide bonds. The molecule has 0 saturated carbocycles. The molecule has 0 radical (unpaired) electrons. The summed E-state index contributed by atoms with van der Waals surface area (Å²) in [5.74, 6) is -1.17. The van der Waals surface area contributed by atoms with Crippen LogP contribution in [0.15, 0.2) is 48.0 Å². The van der Waals surface area contributed by atoms with Crippen molar-refractivity contribution in [3.63, 3.8) is 0 Å². The van der Waals surface area contributed by atoms with E-state index in [1.165, 1.54) is 43.1 Å². The first-order chi connectivity index (χ1) is 16.5. The summed E-state index contributed by atoms with van der Waals surface area (Å²) >= 11 is 1.44. The molecule has 1 fully saturated rings. The van der Waals surface area contributed by atoms with Crippen molar-refractivity contribution in [2.45, 2.75) is 18.6 Å². The standard InChI is InChI=1S/C23H26F2N4O4S/c1-15(28-8-11-32-12-9-28)29-10-13-34-23(29)27-22(30)26-18-14-16(24)6-7-19(18)33-21-17(25)4-3-5-20(21)31-2/h3-7,10,13-15,23H,8-9,11-12H2,1-2H3,(H2,26,27,30). The average Bonchev–Trinajstić information content (AvgIpc) is 3.29. The summed E-state index contributed by atoms with van der Waals surface area (Å²) in [7, 11) is 1.38. The molecule has 2 aromatic rings. The van der Waals surface area contributed by atoms with E-state index in [-0.39, 0.29) is 34.6 Å². The van der Waals surface area contributed by atoms with Gasteiger partial charge in [-0.25, -0.2) is 13.6 Å². The van der Waals surface area contributed by atoms with Crippen LogP contribution in [0, 0.1) is 11.6 Å². The highest BCUT2D eigenvalue weighted by Crippen LogP contribution is 2.37. The van der Waals surface area contributed by atoms with Crippen molar-refractivity contribution in [3.8, 4) is 17.2 Å². The Morgan fingerprint density at radius 3 is 2.76 bits per heavy atom. The molecule has 8 nitrogen and oxygen atoms in total. The van der Waals surface area contributed by atoms with E-state index in [1.54, 1.807) is 0 Å². The van der Waals surface area contributed by atoms with Crippen molar-refractivity contribution in [1.29, 1.82) is 0 Å². The third-order valence-electron chi connectivity index (χ3n) is 5.52. The van der Waals surface area contributed by atoms with Gasteiger partial charge in [-0.05, 0) is 36.6 Å². The number of anilines is 1. The molecular weight excluding hydrogens is 466 g/mol. The average molecular weight is 493 g/mol. The lowest BCUT2D eigenvalue weighted by atomic mass is 10.2. The normalized spacial score (nSPS) is 19.1. The summed E-state index contributed by atoms with van der Waals surface area (Å²) in [6, 6.07) is 7.26. The van der Waals surface area contributed by atoms with E-state index >= 15 is 0 Å². The number of nitrogens with zero attached hydrogens (tertiary/aromatic N) is 2. The lowest BCUT2D eigenvalue weighted by Crippen LogP contribution is -2.54. The summed E-state index contributed by atoms with van der Waals surface area (Å²) in [6.07, 6.45) is 1.97.